The molecule has 0 saturated carbocycles. The standard InChI is InChI=1S/C23H23ClN4O4/c1-32-12-11-25-21-9-7-17(13-22(21)28(30)31)23(29)27-18-8-10-20(19(24)14-18)26-15-16-5-3-2-4-6-16/h2-10,13-14,25-26H,11-12,15H2,1H3,(H,27,29). The van der Waals surface area contributed by atoms with Gasteiger partial charge in [0, 0.05) is 37.5 Å². The third-order valence-electron chi connectivity index (χ3n) is 4.63. The van der Waals surface area contributed by atoms with Gasteiger partial charge in [0.05, 0.1) is 22.2 Å². The van der Waals surface area contributed by atoms with Gasteiger partial charge in [-0.3, -0.25) is 14.9 Å². The first kappa shape index (κ1) is 23.1. The van der Waals surface area contributed by atoms with E-state index in [0.29, 0.717) is 36.1 Å². The van der Waals surface area contributed by atoms with E-state index in [1.807, 2.05) is 30.3 Å². The predicted molar refractivity (Wildman–Crippen MR) is 127 cm³/mol. The van der Waals surface area contributed by atoms with Crippen molar-refractivity contribution < 1.29 is 14.5 Å². The normalized spacial score (nSPS) is 10.4. The van der Waals surface area contributed by atoms with Crippen molar-refractivity contribution in [2.45, 2.75) is 6.54 Å². The number of carbonyl (C=O) groups is 1. The minimum Gasteiger partial charge on any atom is -0.383 e. The highest BCUT2D eigenvalue weighted by Crippen LogP contribution is 2.28. The Morgan fingerprint density at radius 1 is 1.03 bits per heavy atom. The number of nitro groups is 1. The van der Waals surface area contributed by atoms with Gasteiger partial charge >= 0.3 is 0 Å². The first-order chi connectivity index (χ1) is 15.5. The van der Waals surface area contributed by atoms with E-state index in [1.165, 1.54) is 18.2 Å². The average Bonchev–Trinajstić information content (AvgIpc) is 2.79. The highest BCUT2D eigenvalue weighted by atomic mass is 35.5. The lowest BCUT2D eigenvalue weighted by Crippen LogP contribution is -2.14. The summed E-state index contributed by atoms with van der Waals surface area (Å²) < 4.78 is 4.94. The zero-order chi connectivity index (χ0) is 22.9. The second-order valence-corrected chi connectivity index (χ2v) is 7.30. The molecule has 3 N–H and O–H groups in total. The van der Waals surface area contributed by atoms with Crippen molar-refractivity contribution >= 4 is 40.3 Å². The molecular formula is C23H23ClN4O4. The Hall–Kier alpha value is -3.62. The molecule has 0 fully saturated rings. The average molecular weight is 455 g/mol. The Kier molecular flexibility index (Phi) is 8.02. The molecule has 166 valence electrons. The van der Waals surface area contributed by atoms with Crippen molar-refractivity contribution in [3.05, 3.63) is 93.0 Å². The van der Waals surface area contributed by atoms with Gasteiger partial charge in [-0.2, -0.15) is 0 Å². The number of halogens is 1. The molecule has 0 aliphatic heterocycles. The molecule has 1 amide bonds. The number of ether oxygens (including phenoxy) is 1. The molecule has 0 saturated heterocycles. The highest BCUT2D eigenvalue weighted by molar-refractivity contribution is 6.33. The molecule has 32 heavy (non-hydrogen) atoms. The molecule has 0 aromatic heterocycles. The largest absolute Gasteiger partial charge is 0.383 e. The van der Waals surface area contributed by atoms with Crippen LogP contribution in [0.5, 0.6) is 0 Å². The molecule has 3 aromatic carbocycles. The van der Waals surface area contributed by atoms with Crippen LogP contribution in [0.1, 0.15) is 15.9 Å². The summed E-state index contributed by atoms with van der Waals surface area (Å²) in [6, 6.07) is 19.3. The first-order valence-electron chi connectivity index (χ1n) is 9.88. The number of rotatable bonds is 10. The lowest BCUT2D eigenvalue weighted by molar-refractivity contribution is -0.384. The van der Waals surface area contributed by atoms with Crippen molar-refractivity contribution in [3.8, 4) is 0 Å². The number of hydrogen-bond donors (Lipinski definition) is 3. The van der Waals surface area contributed by atoms with Gasteiger partial charge in [0.2, 0.25) is 0 Å². The van der Waals surface area contributed by atoms with Crippen LogP contribution < -0.4 is 16.0 Å². The van der Waals surface area contributed by atoms with Gasteiger partial charge in [0.25, 0.3) is 11.6 Å². The fraction of sp³-hybridized carbons (Fsp3) is 0.174. The number of nitrogens with one attached hydrogen (secondary N) is 3. The minimum absolute atomic E-state index is 0.163. The summed E-state index contributed by atoms with van der Waals surface area (Å²) in [6.07, 6.45) is 0. The summed E-state index contributed by atoms with van der Waals surface area (Å²) in [5.74, 6) is -0.474. The molecule has 0 heterocycles. The van der Waals surface area contributed by atoms with Crippen molar-refractivity contribution in [1.29, 1.82) is 0 Å². The lowest BCUT2D eigenvalue weighted by Gasteiger charge is -2.12. The zero-order valence-corrected chi connectivity index (χ0v) is 18.2. The highest BCUT2D eigenvalue weighted by Gasteiger charge is 2.18. The van der Waals surface area contributed by atoms with E-state index in [-0.39, 0.29) is 11.3 Å². The zero-order valence-electron chi connectivity index (χ0n) is 17.4. The van der Waals surface area contributed by atoms with Gasteiger partial charge in [0.1, 0.15) is 5.69 Å². The van der Waals surface area contributed by atoms with E-state index >= 15 is 0 Å². The Morgan fingerprint density at radius 2 is 1.78 bits per heavy atom. The fourth-order valence-corrected chi connectivity index (χ4v) is 3.24. The second kappa shape index (κ2) is 11.1. The van der Waals surface area contributed by atoms with Crippen LogP contribution in [0.3, 0.4) is 0 Å². The molecule has 0 bridgehead atoms. The van der Waals surface area contributed by atoms with E-state index in [4.69, 9.17) is 16.3 Å². The van der Waals surface area contributed by atoms with Crippen LogP contribution in [-0.4, -0.2) is 31.1 Å². The fourth-order valence-electron chi connectivity index (χ4n) is 2.99. The molecule has 0 radical (unpaired) electrons. The van der Waals surface area contributed by atoms with Crippen LogP contribution >= 0.6 is 11.6 Å². The quantitative estimate of drug-likeness (QED) is 0.222. The number of nitrogens with zero attached hydrogens (tertiary/aromatic N) is 1. The van der Waals surface area contributed by atoms with Crippen molar-refractivity contribution in [2.24, 2.45) is 0 Å². The number of benzene rings is 3. The third-order valence-corrected chi connectivity index (χ3v) is 4.94. The van der Waals surface area contributed by atoms with Crippen molar-refractivity contribution in [2.75, 3.05) is 36.2 Å². The molecule has 9 heteroatoms. The topological polar surface area (TPSA) is 106 Å². The summed E-state index contributed by atoms with van der Waals surface area (Å²) in [4.78, 5) is 23.5. The molecular weight excluding hydrogens is 432 g/mol. The molecule has 0 unspecified atom stereocenters. The van der Waals surface area contributed by atoms with Crippen LogP contribution in [-0.2, 0) is 11.3 Å². The Balaban J connectivity index is 1.67. The molecule has 0 atom stereocenters. The van der Waals surface area contributed by atoms with E-state index in [0.717, 1.165) is 11.3 Å². The molecule has 8 nitrogen and oxygen atoms in total. The summed E-state index contributed by atoms with van der Waals surface area (Å²) in [6.45, 7) is 1.42. The van der Waals surface area contributed by atoms with Crippen LogP contribution in [0.25, 0.3) is 0 Å². The molecule has 0 spiro atoms. The Morgan fingerprint density at radius 3 is 2.47 bits per heavy atom. The minimum atomic E-state index is -0.532. The number of anilines is 3. The third kappa shape index (κ3) is 6.19. The van der Waals surface area contributed by atoms with Gasteiger partial charge in [0.15, 0.2) is 0 Å². The van der Waals surface area contributed by atoms with Crippen LogP contribution in [0, 0.1) is 10.1 Å². The second-order valence-electron chi connectivity index (χ2n) is 6.90. The molecule has 0 aliphatic rings. The van der Waals surface area contributed by atoms with Crippen molar-refractivity contribution in [1.82, 2.24) is 0 Å². The maximum Gasteiger partial charge on any atom is 0.293 e. The van der Waals surface area contributed by atoms with Crippen LogP contribution in [0.4, 0.5) is 22.7 Å². The number of hydrogen-bond acceptors (Lipinski definition) is 6. The summed E-state index contributed by atoms with van der Waals surface area (Å²) in [5, 5.41) is 20.8. The predicted octanol–water partition coefficient (Wildman–Crippen LogP) is 5.17. The van der Waals surface area contributed by atoms with Gasteiger partial charge in [-0.05, 0) is 35.9 Å². The Labute approximate surface area is 190 Å². The van der Waals surface area contributed by atoms with Crippen LogP contribution in [0.2, 0.25) is 5.02 Å². The number of amides is 1. The lowest BCUT2D eigenvalue weighted by atomic mass is 10.1. The number of methoxy groups -OCH3 is 1. The van der Waals surface area contributed by atoms with Gasteiger partial charge in [-0.15, -0.1) is 0 Å². The smallest absolute Gasteiger partial charge is 0.293 e. The molecule has 0 aliphatic carbocycles. The first-order valence-corrected chi connectivity index (χ1v) is 10.3. The SMILES string of the molecule is COCCNc1ccc(C(=O)Nc2ccc(NCc3ccccc3)c(Cl)c2)cc1[N+](=O)[O-]. The van der Waals surface area contributed by atoms with E-state index in [9.17, 15) is 14.9 Å². The van der Waals surface area contributed by atoms with Gasteiger partial charge in [-0.1, -0.05) is 41.9 Å². The number of nitro benzene ring substituents is 1. The monoisotopic (exact) mass is 454 g/mol. The summed E-state index contributed by atoms with van der Waals surface area (Å²) in [7, 11) is 1.54. The van der Waals surface area contributed by atoms with Gasteiger partial charge in [-0.25, -0.2) is 0 Å². The maximum absolute atomic E-state index is 12.6. The summed E-state index contributed by atoms with van der Waals surface area (Å²) in [5.41, 5.74) is 2.62. The molecule has 3 aromatic rings. The number of carbonyl (C=O) groups excluding carboxylic acids is 1. The molecule has 3 rings (SSSR count). The Bertz CT molecular complexity index is 1090. The van der Waals surface area contributed by atoms with Crippen LogP contribution in [0.15, 0.2) is 66.7 Å². The maximum atomic E-state index is 12.6. The van der Waals surface area contributed by atoms with E-state index in [2.05, 4.69) is 16.0 Å². The van der Waals surface area contributed by atoms with E-state index in [1.54, 1.807) is 25.3 Å². The van der Waals surface area contributed by atoms with E-state index < -0.39 is 10.8 Å². The summed E-state index contributed by atoms with van der Waals surface area (Å²) >= 11 is 6.35. The van der Waals surface area contributed by atoms with Crippen molar-refractivity contribution in [3.63, 3.8) is 0 Å². The van der Waals surface area contributed by atoms with Gasteiger partial charge < -0.3 is 20.7 Å².